The van der Waals surface area contributed by atoms with Gasteiger partial charge in [-0.15, -0.1) is 0 Å². The monoisotopic (exact) mass is 217 g/mol. The Kier molecular flexibility index (Phi) is 3.62. The fraction of sp³-hybridized carbons (Fsp3) is 0.429. The number of hydrogen-bond acceptors (Lipinski definition) is 2. The predicted octanol–water partition coefficient (Wildman–Crippen LogP) is 3.06. The summed E-state index contributed by atoms with van der Waals surface area (Å²) in [5.41, 5.74) is 1.24. The van der Waals surface area contributed by atoms with E-state index in [2.05, 4.69) is 55.2 Å². The average Bonchev–Trinajstić information content (AvgIpc) is 2.33. The van der Waals surface area contributed by atoms with Gasteiger partial charge in [0.1, 0.15) is 6.73 Å². The van der Waals surface area contributed by atoms with Gasteiger partial charge in [0.05, 0.1) is 6.10 Å². The van der Waals surface area contributed by atoms with E-state index in [-0.39, 0.29) is 0 Å². The summed E-state index contributed by atoms with van der Waals surface area (Å²) in [5.74, 6) is 0.485. The van der Waals surface area contributed by atoms with Gasteiger partial charge in [0.2, 0.25) is 0 Å². The van der Waals surface area contributed by atoms with E-state index in [1.165, 1.54) is 5.69 Å². The first-order chi connectivity index (χ1) is 7.81. The zero-order chi connectivity index (χ0) is 11.4. The molecule has 0 saturated carbocycles. The topological polar surface area (TPSA) is 12.5 Å². The second-order valence-corrected chi connectivity index (χ2v) is 4.25. The van der Waals surface area contributed by atoms with Gasteiger partial charge in [-0.25, -0.2) is 0 Å². The third-order valence-corrected chi connectivity index (χ3v) is 3.09. The molecule has 2 heteroatoms. The van der Waals surface area contributed by atoms with Crippen molar-refractivity contribution < 1.29 is 4.74 Å². The summed E-state index contributed by atoms with van der Waals surface area (Å²) < 4.78 is 5.78. The van der Waals surface area contributed by atoms with Crippen molar-refractivity contribution in [3.8, 4) is 0 Å². The normalized spacial score (nSPS) is 26.2. The van der Waals surface area contributed by atoms with Crippen molar-refractivity contribution in [1.29, 1.82) is 0 Å². The van der Waals surface area contributed by atoms with Crippen LogP contribution in [0.1, 0.15) is 13.8 Å². The van der Waals surface area contributed by atoms with Gasteiger partial charge in [-0.1, -0.05) is 30.4 Å². The maximum atomic E-state index is 5.78. The first-order valence-electron chi connectivity index (χ1n) is 5.85. The Bertz CT molecular complexity index is 347. The zero-order valence-corrected chi connectivity index (χ0v) is 9.97. The number of anilines is 1. The van der Waals surface area contributed by atoms with Gasteiger partial charge in [0.15, 0.2) is 0 Å². The number of para-hydroxylation sites is 1. The maximum absolute atomic E-state index is 5.78. The van der Waals surface area contributed by atoms with Gasteiger partial charge in [-0.2, -0.15) is 0 Å². The van der Waals surface area contributed by atoms with Crippen LogP contribution in [-0.2, 0) is 4.74 Å². The van der Waals surface area contributed by atoms with E-state index < -0.39 is 0 Å². The minimum absolute atomic E-state index is 0.316. The van der Waals surface area contributed by atoms with Gasteiger partial charge in [0, 0.05) is 18.2 Å². The summed E-state index contributed by atoms with van der Waals surface area (Å²) in [7, 11) is 0. The Morgan fingerprint density at radius 2 is 2.06 bits per heavy atom. The van der Waals surface area contributed by atoms with Crippen molar-refractivity contribution in [1.82, 2.24) is 0 Å². The lowest BCUT2D eigenvalue weighted by Gasteiger charge is -2.37. The smallest absolute Gasteiger partial charge is 0.119 e. The molecule has 0 bridgehead atoms. The standard InChI is InChI=1S/C14H19NO/c1-3-7-13-10-15(11-16-12(13)2)14-8-5-4-6-9-14/h3-9,12-13H,10-11H2,1-2H3/b7-3-. The highest BCUT2D eigenvalue weighted by Gasteiger charge is 2.24. The van der Waals surface area contributed by atoms with Crippen LogP contribution in [0, 0.1) is 5.92 Å². The molecule has 86 valence electrons. The first kappa shape index (κ1) is 11.2. The van der Waals surface area contributed by atoms with E-state index in [4.69, 9.17) is 4.74 Å². The Morgan fingerprint density at radius 3 is 2.75 bits per heavy atom. The molecule has 2 atom stereocenters. The summed E-state index contributed by atoms with van der Waals surface area (Å²) in [6.07, 6.45) is 4.66. The summed E-state index contributed by atoms with van der Waals surface area (Å²) in [6.45, 7) is 5.94. The van der Waals surface area contributed by atoms with Crippen molar-refractivity contribution in [2.75, 3.05) is 18.2 Å². The zero-order valence-electron chi connectivity index (χ0n) is 9.97. The molecule has 2 nitrogen and oxygen atoms in total. The molecule has 1 fully saturated rings. The van der Waals surface area contributed by atoms with Crippen molar-refractivity contribution >= 4 is 5.69 Å². The fourth-order valence-electron chi connectivity index (χ4n) is 2.07. The number of allylic oxidation sites excluding steroid dienone is 1. The van der Waals surface area contributed by atoms with Crippen molar-refractivity contribution in [3.05, 3.63) is 42.5 Å². The molecule has 0 spiro atoms. The minimum Gasteiger partial charge on any atom is -0.358 e. The molecule has 2 unspecified atom stereocenters. The molecule has 2 rings (SSSR count). The molecule has 1 aliphatic heterocycles. The molecular weight excluding hydrogens is 198 g/mol. The molecule has 16 heavy (non-hydrogen) atoms. The van der Waals surface area contributed by atoms with Gasteiger partial charge in [-0.05, 0) is 26.0 Å². The van der Waals surface area contributed by atoms with Crippen LogP contribution in [0.25, 0.3) is 0 Å². The highest BCUT2D eigenvalue weighted by Crippen LogP contribution is 2.23. The van der Waals surface area contributed by atoms with Crippen molar-refractivity contribution in [2.24, 2.45) is 5.92 Å². The first-order valence-corrected chi connectivity index (χ1v) is 5.85. The molecule has 1 saturated heterocycles. The van der Waals surface area contributed by atoms with Crippen LogP contribution in [-0.4, -0.2) is 19.4 Å². The van der Waals surface area contributed by atoms with Crippen LogP contribution in [0.15, 0.2) is 42.5 Å². The van der Waals surface area contributed by atoms with Gasteiger partial charge < -0.3 is 9.64 Å². The second kappa shape index (κ2) is 5.17. The van der Waals surface area contributed by atoms with Gasteiger partial charge in [0.25, 0.3) is 0 Å². The summed E-state index contributed by atoms with van der Waals surface area (Å²) in [4.78, 5) is 2.28. The minimum atomic E-state index is 0.316. The quantitative estimate of drug-likeness (QED) is 0.706. The lowest BCUT2D eigenvalue weighted by molar-refractivity contribution is 0.0123. The molecular formula is C14H19NO. The van der Waals surface area contributed by atoms with E-state index in [0.717, 1.165) is 6.54 Å². The lowest BCUT2D eigenvalue weighted by Crippen LogP contribution is -2.43. The molecule has 0 N–H and O–H groups in total. The SMILES string of the molecule is C/C=C\C1CN(c2ccccc2)COC1C. The molecule has 0 radical (unpaired) electrons. The van der Waals surface area contributed by atoms with E-state index in [0.29, 0.717) is 18.8 Å². The third-order valence-electron chi connectivity index (χ3n) is 3.09. The van der Waals surface area contributed by atoms with E-state index in [1.54, 1.807) is 0 Å². The van der Waals surface area contributed by atoms with E-state index in [1.807, 2.05) is 6.07 Å². The Balaban J connectivity index is 2.08. The number of benzene rings is 1. The van der Waals surface area contributed by atoms with Gasteiger partial charge >= 0.3 is 0 Å². The molecule has 1 aromatic carbocycles. The van der Waals surface area contributed by atoms with Crippen LogP contribution >= 0.6 is 0 Å². The highest BCUT2D eigenvalue weighted by atomic mass is 16.5. The summed E-state index contributed by atoms with van der Waals surface area (Å²) >= 11 is 0. The number of rotatable bonds is 2. The summed E-state index contributed by atoms with van der Waals surface area (Å²) in [5, 5.41) is 0. The Hall–Kier alpha value is -1.28. The molecule has 0 amide bonds. The van der Waals surface area contributed by atoms with Crippen LogP contribution in [0.4, 0.5) is 5.69 Å². The van der Waals surface area contributed by atoms with E-state index >= 15 is 0 Å². The van der Waals surface area contributed by atoms with Crippen LogP contribution in [0.3, 0.4) is 0 Å². The van der Waals surface area contributed by atoms with Crippen LogP contribution < -0.4 is 4.90 Å². The molecule has 1 heterocycles. The van der Waals surface area contributed by atoms with Crippen LogP contribution in [0.2, 0.25) is 0 Å². The average molecular weight is 217 g/mol. The number of ether oxygens (including phenoxy) is 1. The number of nitrogens with zero attached hydrogens (tertiary/aromatic N) is 1. The van der Waals surface area contributed by atoms with E-state index in [9.17, 15) is 0 Å². The highest BCUT2D eigenvalue weighted by molar-refractivity contribution is 5.46. The van der Waals surface area contributed by atoms with Gasteiger partial charge in [-0.3, -0.25) is 0 Å². The molecule has 0 aliphatic carbocycles. The largest absolute Gasteiger partial charge is 0.358 e. The maximum Gasteiger partial charge on any atom is 0.119 e. The lowest BCUT2D eigenvalue weighted by atomic mass is 10.0. The van der Waals surface area contributed by atoms with Crippen LogP contribution in [0.5, 0.6) is 0 Å². The Morgan fingerprint density at radius 1 is 1.31 bits per heavy atom. The Labute approximate surface area is 97.5 Å². The van der Waals surface area contributed by atoms with Crippen molar-refractivity contribution in [2.45, 2.75) is 20.0 Å². The third kappa shape index (κ3) is 2.45. The number of hydrogen-bond donors (Lipinski definition) is 0. The molecule has 1 aromatic rings. The molecule has 0 aromatic heterocycles. The predicted molar refractivity (Wildman–Crippen MR) is 67.5 cm³/mol. The summed E-state index contributed by atoms with van der Waals surface area (Å²) in [6, 6.07) is 10.4. The second-order valence-electron chi connectivity index (χ2n) is 4.25. The molecule has 1 aliphatic rings. The van der Waals surface area contributed by atoms with Crippen molar-refractivity contribution in [3.63, 3.8) is 0 Å². The fourth-order valence-corrected chi connectivity index (χ4v) is 2.07.